The zero-order valence-electron chi connectivity index (χ0n) is 16.5. The molecule has 3 aromatic heterocycles. The minimum atomic E-state index is -0.151. The number of aromatic nitrogens is 3. The average molecular weight is 428 g/mol. The van der Waals surface area contributed by atoms with Gasteiger partial charge in [0.05, 0.1) is 23.1 Å². The standard InChI is InChI=1S/C20H21N5O2S2/c1-11-4-5-14-15(9-21)19(29-16(14)8-11)22-17(26)10-28-20-24-23-18(25(20)3)13-6-7-27-12(13)2/h6-7,11H,4-5,8,10H2,1-3H3,(H,22,26). The monoisotopic (exact) mass is 427 g/mol. The summed E-state index contributed by atoms with van der Waals surface area (Å²) < 4.78 is 7.18. The summed E-state index contributed by atoms with van der Waals surface area (Å²) in [6, 6.07) is 4.14. The molecule has 0 bridgehead atoms. The van der Waals surface area contributed by atoms with Crippen molar-refractivity contribution in [3.8, 4) is 17.5 Å². The minimum absolute atomic E-state index is 0.151. The molecule has 0 saturated carbocycles. The summed E-state index contributed by atoms with van der Waals surface area (Å²) in [6.45, 7) is 4.10. The number of thioether (sulfide) groups is 1. The fourth-order valence-corrected chi connectivity index (χ4v) is 5.63. The van der Waals surface area contributed by atoms with Gasteiger partial charge in [-0.2, -0.15) is 5.26 Å². The second-order valence-electron chi connectivity index (χ2n) is 7.26. The van der Waals surface area contributed by atoms with E-state index < -0.39 is 0 Å². The van der Waals surface area contributed by atoms with Gasteiger partial charge in [0.15, 0.2) is 11.0 Å². The predicted molar refractivity (Wildman–Crippen MR) is 113 cm³/mol. The Morgan fingerprint density at radius 2 is 2.34 bits per heavy atom. The molecule has 9 heteroatoms. The lowest BCUT2D eigenvalue weighted by Crippen LogP contribution is -2.14. The summed E-state index contributed by atoms with van der Waals surface area (Å²) in [5, 5.41) is 22.2. The molecule has 29 heavy (non-hydrogen) atoms. The topological polar surface area (TPSA) is 96.7 Å². The molecule has 0 aliphatic heterocycles. The second kappa shape index (κ2) is 8.05. The second-order valence-corrected chi connectivity index (χ2v) is 9.31. The van der Waals surface area contributed by atoms with E-state index in [0.717, 1.165) is 36.1 Å². The highest BCUT2D eigenvalue weighted by Gasteiger charge is 2.25. The van der Waals surface area contributed by atoms with Crippen LogP contribution in [0.25, 0.3) is 11.4 Å². The Hall–Kier alpha value is -2.57. The molecule has 1 unspecified atom stereocenters. The first-order chi connectivity index (χ1) is 14.0. The van der Waals surface area contributed by atoms with Crippen LogP contribution in [0.2, 0.25) is 0 Å². The Balaban J connectivity index is 1.44. The van der Waals surface area contributed by atoms with E-state index in [0.29, 0.717) is 27.5 Å². The molecule has 4 rings (SSSR count). The third-order valence-electron chi connectivity index (χ3n) is 5.14. The number of furan rings is 1. The largest absolute Gasteiger partial charge is 0.469 e. The van der Waals surface area contributed by atoms with Crippen LogP contribution in [0.5, 0.6) is 0 Å². The number of aryl methyl sites for hydroxylation is 1. The van der Waals surface area contributed by atoms with Crippen molar-refractivity contribution in [3.63, 3.8) is 0 Å². The van der Waals surface area contributed by atoms with Gasteiger partial charge in [-0.1, -0.05) is 18.7 Å². The van der Waals surface area contributed by atoms with Gasteiger partial charge in [0, 0.05) is 11.9 Å². The fraction of sp³-hybridized carbons (Fsp3) is 0.400. The van der Waals surface area contributed by atoms with E-state index in [4.69, 9.17) is 4.42 Å². The van der Waals surface area contributed by atoms with E-state index >= 15 is 0 Å². The lowest BCUT2D eigenvalue weighted by Gasteiger charge is -2.17. The van der Waals surface area contributed by atoms with Gasteiger partial charge in [-0.15, -0.1) is 21.5 Å². The molecule has 0 aromatic carbocycles. The number of carbonyl (C=O) groups is 1. The number of nitrogens with zero attached hydrogens (tertiary/aromatic N) is 4. The Kier molecular flexibility index (Phi) is 5.48. The molecule has 0 fully saturated rings. The summed E-state index contributed by atoms with van der Waals surface area (Å²) in [5.41, 5.74) is 2.63. The van der Waals surface area contributed by atoms with Crippen molar-refractivity contribution in [2.75, 3.05) is 11.1 Å². The van der Waals surface area contributed by atoms with E-state index in [1.807, 2.05) is 24.6 Å². The Morgan fingerprint density at radius 1 is 1.52 bits per heavy atom. The Bertz CT molecular complexity index is 1100. The first kappa shape index (κ1) is 19.7. The number of thiophene rings is 1. The van der Waals surface area contributed by atoms with Gasteiger partial charge in [0.25, 0.3) is 0 Å². The van der Waals surface area contributed by atoms with Crippen LogP contribution in [0.1, 0.15) is 35.1 Å². The molecule has 0 saturated heterocycles. The van der Waals surface area contributed by atoms with Crippen LogP contribution in [0, 0.1) is 24.2 Å². The quantitative estimate of drug-likeness (QED) is 0.614. The van der Waals surface area contributed by atoms with Gasteiger partial charge in [-0.05, 0) is 43.7 Å². The summed E-state index contributed by atoms with van der Waals surface area (Å²) in [4.78, 5) is 13.8. The van der Waals surface area contributed by atoms with Crippen molar-refractivity contribution in [3.05, 3.63) is 34.1 Å². The third kappa shape index (κ3) is 3.82. The summed E-state index contributed by atoms with van der Waals surface area (Å²) >= 11 is 2.86. The summed E-state index contributed by atoms with van der Waals surface area (Å²) in [5.74, 6) is 2.14. The van der Waals surface area contributed by atoms with Crippen molar-refractivity contribution in [2.45, 2.75) is 38.3 Å². The van der Waals surface area contributed by atoms with Crippen LogP contribution in [0.3, 0.4) is 0 Å². The maximum Gasteiger partial charge on any atom is 0.235 e. The van der Waals surface area contributed by atoms with Crippen LogP contribution in [-0.2, 0) is 24.7 Å². The number of nitriles is 1. The number of rotatable bonds is 5. The molecule has 3 aromatic rings. The smallest absolute Gasteiger partial charge is 0.235 e. The van der Waals surface area contributed by atoms with E-state index in [1.165, 1.54) is 16.6 Å². The van der Waals surface area contributed by atoms with Crippen molar-refractivity contribution in [1.29, 1.82) is 5.26 Å². The molecule has 1 amide bonds. The number of hydrogen-bond donors (Lipinski definition) is 1. The fourth-order valence-electron chi connectivity index (χ4n) is 3.54. The molecule has 150 valence electrons. The maximum absolute atomic E-state index is 12.5. The van der Waals surface area contributed by atoms with Gasteiger partial charge >= 0.3 is 0 Å². The zero-order chi connectivity index (χ0) is 20.5. The van der Waals surface area contributed by atoms with Gasteiger partial charge in [-0.25, -0.2) is 0 Å². The molecule has 1 aliphatic carbocycles. The van der Waals surface area contributed by atoms with Crippen LogP contribution in [-0.4, -0.2) is 26.4 Å². The summed E-state index contributed by atoms with van der Waals surface area (Å²) in [7, 11) is 1.87. The number of fused-ring (bicyclic) bond motifs is 1. The molecule has 1 N–H and O–H groups in total. The van der Waals surface area contributed by atoms with Crippen LogP contribution < -0.4 is 5.32 Å². The van der Waals surface area contributed by atoms with Crippen molar-refractivity contribution < 1.29 is 9.21 Å². The van der Waals surface area contributed by atoms with Crippen LogP contribution in [0.4, 0.5) is 5.00 Å². The minimum Gasteiger partial charge on any atom is -0.469 e. The zero-order valence-corrected chi connectivity index (χ0v) is 18.1. The SMILES string of the molecule is Cc1occc1-c1nnc(SCC(=O)Nc2sc3c(c2C#N)CCC(C)C3)n1C. The van der Waals surface area contributed by atoms with Gasteiger partial charge in [0.1, 0.15) is 16.8 Å². The van der Waals surface area contributed by atoms with Crippen molar-refractivity contribution in [1.82, 2.24) is 14.8 Å². The summed E-state index contributed by atoms with van der Waals surface area (Å²) in [6.07, 6.45) is 4.60. The predicted octanol–water partition coefficient (Wildman–Crippen LogP) is 4.17. The highest BCUT2D eigenvalue weighted by atomic mass is 32.2. The molecule has 1 aliphatic rings. The normalized spacial score (nSPS) is 15.7. The Labute approximate surface area is 177 Å². The van der Waals surface area contributed by atoms with E-state index in [9.17, 15) is 10.1 Å². The third-order valence-corrected chi connectivity index (χ3v) is 7.33. The van der Waals surface area contributed by atoms with Crippen LogP contribution in [0.15, 0.2) is 21.9 Å². The Morgan fingerprint density at radius 3 is 3.07 bits per heavy atom. The number of carbonyl (C=O) groups excluding carboxylic acids is 1. The maximum atomic E-state index is 12.5. The van der Waals surface area contributed by atoms with Gasteiger partial charge in [-0.3, -0.25) is 4.79 Å². The van der Waals surface area contributed by atoms with Gasteiger partial charge in [0.2, 0.25) is 5.91 Å². The lowest BCUT2D eigenvalue weighted by molar-refractivity contribution is -0.113. The number of anilines is 1. The molecular weight excluding hydrogens is 406 g/mol. The van der Waals surface area contributed by atoms with E-state index in [-0.39, 0.29) is 11.7 Å². The van der Waals surface area contributed by atoms with Crippen molar-refractivity contribution >= 4 is 34.0 Å². The average Bonchev–Trinajstić information content (AvgIpc) is 3.36. The lowest BCUT2D eigenvalue weighted by atomic mass is 9.89. The molecule has 1 atom stereocenters. The highest BCUT2D eigenvalue weighted by molar-refractivity contribution is 7.99. The molecular formula is C20H21N5O2S2. The number of amides is 1. The first-order valence-corrected chi connectivity index (χ1v) is 11.2. The van der Waals surface area contributed by atoms with Crippen molar-refractivity contribution in [2.24, 2.45) is 13.0 Å². The number of hydrogen-bond acceptors (Lipinski definition) is 7. The van der Waals surface area contributed by atoms with E-state index in [2.05, 4.69) is 28.5 Å². The molecule has 0 spiro atoms. The van der Waals surface area contributed by atoms with Crippen LogP contribution >= 0.6 is 23.1 Å². The van der Waals surface area contributed by atoms with Gasteiger partial charge < -0.3 is 14.3 Å². The van der Waals surface area contributed by atoms with E-state index in [1.54, 1.807) is 17.6 Å². The molecule has 0 radical (unpaired) electrons. The molecule has 7 nitrogen and oxygen atoms in total. The molecule has 3 heterocycles. The highest BCUT2D eigenvalue weighted by Crippen LogP contribution is 2.39. The first-order valence-electron chi connectivity index (χ1n) is 9.39. The number of nitrogens with one attached hydrogen (secondary N) is 1.